The molecule has 0 amide bonds. The predicted molar refractivity (Wildman–Crippen MR) is 80.4 cm³/mol. The van der Waals surface area contributed by atoms with Crippen LogP contribution in [0, 0.1) is 0 Å². The fourth-order valence-corrected chi connectivity index (χ4v) is 5.08. The third-order valence-electron chi connectivity index (χ3n) is 6.08. The SMILES string of the molecule is C1CCC(c2nc3c(n2C2CC4CCC2O4)CCNC3)C1. The van der Waals surface area contributed by atoms with Gasteiger partial charge in [-0.1, -0.05) is 12.8 Å². The van der Waals surface area contributed by atoms with E-state index < -0.39 is 0 Å². The van der Waals surface area contributed by atoms with Gasteiger partial charge in [0.1, 0.15) is 5.82 Å². The average Bonchev–Trinajstić information content (AvgIpc) is 3.28. The molecule has 0 radical (unpaired) electrons. The third-order valence-corrected chi connectivity index (χ3v) is 6.08. The van der Waals surface area contributed by atoms with Crippen LogP contribution in [-0.4, -0.2) is 28.3 Å². The monoisotopic (exact) mass is 287 g/mol. The van der Waals surface area contributed by atoms with Crippen LogP contribution >= 0.6 is 0 Å². The number of fused-ring (bicyclic) bond motifs is 3. The van der Waals surface area contributed by atoms with Gasteiger partial charge in [0, 0.05) is 31.1 Å². The van der Waals surface area contributed by atoms with Gasteiger partial charge in [0.2, 0.25) is 0 Å². The Labute approximate surface area is 126 Å². The molecule has 1 saturated carbocycles. The number of rotatable bonds is 2. The minimum atomic E-state index is 0.461. The largest absolute Gasteiger partial charge is 0.373 e. The number of imidazole rings is 1. The molecule has 1 N–H and O–H groups in total. The topological polar surface area (TPSA) is 39.1 Å². The summed E-state index contributed by atoms with van der Waals surface area (Å²) in [5.74, 6) is 2.11. The highest BCUT2D eigenvalue weighted by Gasteiger charge is 2.44. The van der Waals surface area contributed by atoms with Gasteiger partial charge in [-0.3, -0.25) is 0 Å². The van der Waals surface area contributed by atoms with Gasteiger partial charge >= 0.3 is 0 Å². The van der Waals surface area contributed by atoms with Crippen molar-refractivity contribution in [1.29, 1.82) is 0 Å². The summed E-state index contributed by atoms with van der Waals surface area (Å²) < 4.78 is 8.82. The standard InChI is InChI=1S/C17H25N3O/c1-2-4-11(3-1)17-19-13-10-18-8-7-14(13)20(17)15-9-12-5-6-16(15)21-12/h11-12,15-16,18H,1-10H2. The van der Waals surface area contributed by atoms with E-state index in [1.807, 2.05) is 0 Å². The smallest absolute Gasteiger partial charge is 0.112 e. The van der Waals surface area contributed by atoms with E-state index in [9.17, 15) is 0 Å². The van der Waals surface area contributed by atoms with Crippen LogP contribution in [0.2, 0.25) is 0 Å². The fourth-order valence-electron chi connectivity index (χ4n) is 5.08. The van der Waals surface area contributed by atoms with Crippen molar-refractivity contribution in [2.24, 2.45) is 0 Å². The lowest BCUT2D eigenvalue weighted by molar-refractivity contribution is 0.0929. The zero-order valence-electron chi connectivity index (χ0n) is 12.7. The van der Waals surface area contributed by atoms with E-state index >= 15 is 0 Å². The normalized spacial score (nSPS) is 35.5. The first kappa shape index (κ1) is 12.7. The Morgan fingerprint density at radius 2 is 2.05 bits per heavy atom. The Bertz CT molecular complexity index is 546. The zero-order chi connectivity index (χ0) is 13.8. The Morgan fingerprint density at radius 1 is 1.14 bits per heavy atom. The average molecular weight is 287 g/mol. The Hall–Kier alpha value is -0.870. The van der Waals surface area contributed by atoms with Crippen molar-refractivity contribution in [3.63, 3.8) is 0 Å². The highest BCUT2D eigenvalue weighted by molar-refractivity contribution is 5.24. The van der Waals surface area contributed by atoms with E-state index in [1.54, 1.807) is 0 Å². The van der Waals surface area contributed by atoms with Crippen LogP contribution < -0.4 is 5.32 Å². The van der Waals surface area contributed by atoms with Gasteiger partial charge in [0.25, 0.3) is 0 Å². The molecule has 4 heteroatoms. The molecule has 5 rings (SSSR count). The molecule has 3 fully saturated rings. The third kappa shape index (κ3) is 1.92. The van der Waals surface area contributed by atoms with Crippen LogP contribution in [0.5, 0.6) is 0 Å². The summed E-state index contributed by atoms with van der Waals surface area (Å²) in [4.78, 5) is 5.11. The number of nitrogens with one attached hydrogen (secondary N) is 1. The maximum atomic E-state index is 6.15. The van der Waals surface area contributed by atoms with Gasteiger partial charge in [-0.05, 0) is 32.1 Å². The van der Waals surface area contributed by atoms with Crippen molar-refractivity contribution in [3.8, 4) is 0 Å². The van der Waals surface area contributed by atoms with Gasteiger partial charge in [-0.2, -0.15) is 0 Å². The molecule has 1 aromatic heterocycles. The zero-order valence-corrected chi connectivity index (χ0v) is 12.7. The second kappa shape index (κ2) is 4.82. The predicted octanol–water partition coefficient (Wildman–Crippen LogP) is 2.68. The molecule has 1 aliphatic carbocycles. The van der Waals surface area contributed by atoms with Gasteiger partial charge < -0.3 is 14.6 Å². The number of ether oxygens (including phenoxy) is 1. The molecule has 0 spiro atoms. The van der Waals surface area contributed by atoms with Crippen molar-refractivity contribution in [1.82, 2.24) is 14.9 Å². The lowest BCUT2D eigenvalue weighted by Crippen LogP contribution is -2.29. The van der Waals surface area contributed by atoms with Crippen LogP contribution in [0.3, 0.4) is 0 Å². The summed E-state index contributed by atoms with van der Waals surface area (Å²) in [5.41, 5.74) is 2.85. The Kier molecular flexibility index (Phi) is 2.90. The minimum absolute atomic E-state index is 0.461. The molecule has 3 atom stereocenters. The molecule has 21 heavy (non-hydrogen) atoms. The van der Waals surface area contributed by atoms with E-state index in [2.05, 4.69) is 9.88 Å². The van der Waals surface area contributed by atoms with Crippen molar-refractivity contribution in [3.05, 3.63) is 17.2 Å². The molecule has 114 valence electrons. The molecular weight excluding hydrogens is 262 g/mol. The van der Waals surface area contributed by atoms with Crippen LogP contribution in [0.15, 0.2) is 0 Å². The molecule has 4 nitrogen and oxygen atoms in total. The lowest BCUT2D eigenvalue weighted by Gasteiger charge is -2.27. The van der Waals surface area contributed by atoms with E-state index in [1.165, 1.54) is 62.2 Å². The maximum absolute atomic E-state index is 6.15. The van der Waals surface area contributed by atoms with Crippen molar-refractivity contribution in [2.75, 3.05) is 6.54 Å². The first-order valence-electron chi connectivity index (χ1n) is 8.86. The number of hydrogen-bond acceptors (Lipinski definition) is 3. The molecule has 1 aromatic rings. The molecule has 3 aliphatic heterocycles. The van der Waals surface area contributed by atoms with E-state index in [-0.39, 0.29) is 0 Å². The minimum Gasteiger partial charge on any atom is -0.373 e. The highest BCUT2D eigenvalue weighted by atomic mass is 16.5. The quantitative estimate of drug-likeness (QED) is 0.909. The molecule has 0 aromatic carbocycles. The summed E-state index contributed by atoms with van der Waals surface area (Å²) >= 11 is 0. The number of aromatic nitrogens is 2. The van der Waals surface area contributed by atoms with Crippen molar-refractivity contribution in [2.45, 2.75) is 82.1 Å². The lowest BCUT2D eigenvalue weighted by atomic mass is 9.94. The molecule has 2 bridgehead atoms. The summed E-state index contributed by atoms with van der Waals surface area (Å²) in [5, 5.41) is 3.49. The summed E-state index contributed by atoms with van der Waals surface area (Å²) in [6, 6.07) is 0.577. The van der Waals surface area contributed by atoms with Gasteiger partial charge in [0.15, 0.2) is 0 Å². The van der Waals surface area contributed by atoms with E-state index in [4.69, 9.17) is 9.72 Å². The van der Waals surface area contributed by atoms with E-state index in [0.29, 0.717) is 24.2 Å². The van der Waals surface area contributed by atoms with Gasteiger partial charge in [-0.25, -0.2) is 4.98 Å². The van der Waals surface area contributed by atoms with Gasteiger partial charge in [0.05, 0.1) is 23.9 Å². The molecule has 4 aliphatic rings. The first-order valence-corrected chi connectivity index (χ1v) is 8.86. The van der Waals surface area contributed by atoms with Crippen LogP contribution in [0.25, 0.3) is 0 Å². The molecule has 2 saturated heterocycles. The number of hydrogen-bond donors (Lipinski definition) is 1. The molecule has 3 unspecified atom stereocenters. The van der Waals surface area contributed by atoms with Crippen molar-refractivity contribution < 1.29 is 4.74 Å². The highest BCUT2D eigenvalue weighted by Crippen LogP contribution is 2.45. The van der Waals surface area contributed by atoms with Crippen molar-refractivity contribution >= 4 is 0 Å². The maximum Gasteiger partial charge on any atom is 0.112 e. The summed E-state index contributed by atoms with van der Waals surface area (Å²) in [7, 11) is 0. The first-order chi connectivity index (χ1) is 10.4. The second-order valence-electron chi connectivity index (χ2n) is 7.32. The van der Waals surface area contributed by atoms with Gasteiger partial charge in [-0.15, -0.1) is 0 Å². The van der Waals surface area contributed by atoms with Crippen LogP contribution in [0.1, 0.15) is 74.1 Å². The summed E-state index contributed by atoms with van der Waals surface area (Å²) in [6.45, 7) is 2.06. The Morgan fingerprint density at radius 3 is 2.81 bits per heavy atom. The molecule has 4 heterocycles. The fraction of sp³-hybridized carbons (Fsp3) is 0.824. The number of nitrogens with zero attached hydrogens (tertiary/aromatic N) is 2. The second-order valence-corrected chi connectivity index (χ2v) is 7.32. The Balaban J connectivity index is 1.59. The van der Waals surface area contributed by atoms with Crippen LogP contribution in [0.4, 0.5) is 0 Å². The summed E-state index contributed by atoms with van der Waals surface area (Å²) in [6.07, 6.45) is 11.3. The molecular formula is C17H25N3O. The van der Waals surface area contributed by atoms with E-state index in [0.717, 1.165) is 19.5 Å². The van der Waals surface area contributed by atoms with Crippen LogP contribution in [-0.2, 0) is 17.7 Å².